The fourth-order valence-electron chi connectivity index (χ4n) is 0.935. The van der Waals surface area contributed by atoms with E-state index in [4.69, 9.17) is 9.47 Å². The van der Waals surface area contributed by atoms with E-state index in [1.807, 2.05) is 14.1 Å². The zero-order valence-corrected chi connectivity index (χ0v) is 7.83. The molecule has 0 aliphatic rings. The molecule has 0 amide bonds. The fourth-order valence-corrected chi connectivity index (χ4v) is 0.935. The number of hydrogen-bond donors (Lipinski definition) is 0. The summed E-state index contributed by atoms with van der Waals surface area (Å²) >= 11 is 0. The van der Waals surface area contributed by atoms with Gasteiger partial charge in [-0.2, -0.15) is 0 Å². The molecule has 4 nitrogen and oxygen atoms in total. The van der Waals surface area contributed by atoms with Gasteiger partial charge in [-0.15, -0.1) is 0 Å². The Hall–Kier alpha value is -0.160. The van der Waals surface area contributed by atoms with Crippen molar-refractivity contribution in [1.29, 1.82) is 0 Å². The Labute approximate surface area is 68.7 Å². The maximum atomic E-state index is 4.94. The van der Waals surface area contributed by atoms with Crippen molar-refractivity contribution in [1.82, 2.24) is 9.80 Å². The van der Waals surface area contributed by atoms with Gasteiger partial charge in [0.15, 0.2) is 0 Å². The van der Waals surface area contributed by atoms with Gasteiger partial charge < -0.3 is 9.47 Å². The lowest BCUT2D eigenvalue weighted by Crippen LogP contribution is -2.35. The summed E-state index contributed by atoms with van der Waals surface area (Å²) in [6.45, 7) is 2.14. The first-order valence-electron chi connectivity index (χ1n) is 3.55. The highest BCUT2D eigenvalue weighted by Crippen LogP contribution is 1.87. The van der Waals surface area contributed by atoms with Crippen LogP contribution in [0.1, 0.15) is 0 Å². The maximum absolute atomic E-state index is 4.94. The van der Waals surface area contributed by atoms with Crippen LogP contribution in [0.15, 0.2) is 0 Å². The van der Waals surface area contributed by atoms with Crippen molar-refractivity contribution in [3.8, 4) is 0 Å². The van der Waals surface area contributed by atoms with E-state index in [9.17, 15) is 0 Å². The van der Waals surface area contributed by atoms with Crippen LogP contribution < -0.4 is 0 Å². The van der Waals surface area contributed by atoms with Crippen molar-refractivity contribution in [2.75, 3.05) is 48.4 Å². The van der Waals surface area contributed by atoms with Crippen LogP contribution in [-0.4, -0.2) is 58.2 Å². The molecule has 0 saturated carbocycles. The van der Waals surface area contributed by atoms with Gasteiger partial charge in [-0.05, 0) is 14.1 Å². The lowest BCUT2D eigenvalue weighted by Gasteiger charge is -2.22. The van der Waals surface area contributed by atoms with Crippen LogP contribution in [0, 0.1) is 0 Å². The van der Waals surface area contributed by atoms with Gasteiger partial charge in [0.1, 0.15) is 0 Å². The standard InChI is InChI=1S/C7H18N2O2/c1-8(6-10-3)5-9(2)7-11-4/h5-7H2,1-4H3. The lowest BCUT2D eigenvalue weighted by atomic mass is 10.7. The molecule has 0 aliphatic carbocycles. The third kappa shape index (κ3) is 6.25. The van der Waals surface area contributed by atoms with Gasteiger partial charge in [-0.25, -0.2) is 0 Å². The Balaban J connectivity index is 3.32. The molecular formula is C7H18N2O2. The molecule has 0 N–H and O–H groups in total. The zero-order valence-electron chi connectivity index (χ0n) is 7.83. The topological polar surface area (TPSA) is 24.9 Å². The summed E-state index contributed by atoms with van der Waals surface area (Å²) in [6, 6.07) is 0. The van der Waals surface area contributed by atoms with Gasteiger partial charge in [0.05, 0.1) is 20.1 Å². The van der Waals surface area contributed by atoms with Crippen molar-refractivity contribution in [3.05, 3.63) is 0 Å². The van der Waals surface area contributed by atoms with E-state index in [1.54, 1.807) is 14.2 Å². The number of methoxy groups -OCH3 is 2. The molecule has 0 atom stereocenters. The smallest absolute Gasteiger partial charge is 0.0994 e. The molecule has 0 unspecified atom stereocenters. The Bertz CT molecular complexity index is 80.5. The molecule has 0 aliphatic heterocycles. The minimum absolute atomic E-state index is 0.647. The third-order valence-electron chi connectivity index (χ3n) is 1.18. The Morgan fingerprint density at radius 3 is 1.55 bits per heavy atom. The summed E-state index contributed by atoms with van der Waals surface area (Å²) in [5.74, 6) is 0. The molecule has 0 radical (unpaired) electrons. The Kier molecular flexibility index (Phi) is 6.45. The number of ether oxygens (including phenoxy) is 2. The molecule has 11 heavy (non-hydrogen) atoms. The summed E-state index contributed by atoms with van der Waals surface area (Å²) in [5, 5.41) is 0. The van der Waals surface area contributed by atoms with Crippen LogP contribution >= 0.6 is 0 Å². The predicted octanol–water partition coefficient (Wildman–Crippen LogP) is 0.0153. The summed E-state index contributed by atoms with van der Waals surface area (Å²) in [4.78, 5) is 4.11. The highest BCUT2D eigenvalue weighted by atomic mass is 16.5. The molecule has 0 saturated heterocycles. The summed E-state index contributed by atoms with van der Waals surface area (Å²) < 4.78 is 9.88. The summed E-state index contributed by atoms with van der Waals surface area (Å²) in [7, 11) is 7.37. The molecule has 0 aromatic rings. The first kappa shape index (κ1) is 10.8. The van der Waals surface area contributed by atoms with Crippen LogP contribution in [0.25, 0.3) is 0 Å². The average Bonchev–Trinajstić information content (AvgIpc) is 1.87. The first-order valence-corrected chi connectivity index (χ1v) is 3.55. The fraction of sp³-hybridized carbons (Fsp3) is 1.00. The quantitative estimate of drug-likeness (QED) is 0.514. The third-order valence-corrected chi connectivity index (χ3v) is 1.18. The highest BCUT2D eigenvalue weighted by Gasteiger charge is 2.00. The molecule has 0 bridgehead atoms. The van der Waals surface area contributed by atoms with Gasteiger partial charge in [-0.3, -0.25) is 9.80 Å². The Morgan fingerprint density at radius 1 is 0.909 bits per heavy atom. The zero-order chi connectivity index (χ0) is 8.69. The molecule has 0 spiro atoms. The molecule has 68 valence electrons. The second-order valence-corrected chi connectivity index (χ2v) is 2.69. The molecule has 0 aromatic heterocycles. The van der Waals surface area contributed by atoms with E-state index >= 15 is 0 Å². The maximum Gasteiger partial charge on any atom is 0.0994 e. The molecule has 0 fully saturated rings. The average molecular weight is 162 g/mol. The number of nitrogens with zero attached hydrogens (tertiary/aromatic N) is 2. The van der Waals surface area contributed by atoms with E-state index in [2.05, 4.69) is 9.80 Å². The summed E-state index contributed by atoms with van der Waals surface area (Å²) in [6.07, 6.45) is 0. The SMILES string of the molecule is COCN(C)CN(C)COC. The largest absolute Gasteiger partial charge is 0.369 e. The Morgan fingerprint density at radius 2 is 1.27 bits per heavy atom. The molecule has 0 aromatic carbocycles. The van der Waals surface area contributed by atoms with Crippen LogP contribution in [-0.2, 0) is 9.47 Å². The minimum Gasteiger partial charge on any atom is -0.369 e. The van der Waals surface area contributed by atoms with Crippen LogP contribution in [0.4, 0.5) is 0 Å². The molecular weight excluding hydrogens is 144 g/mol. The lowest BCUT2D eigenvalue weighted by molar-refractivity contribution is 0.00668. The number of rotatable bonds is 6. The van der Waals surface area contributed by atoms with Crippen LogP contribution in [0.3, 0.4) is 0 Å². The van der Waals surface area contributed by atoms with Crippen molar-refractivity contribution >= 4 is 0 Å². The van der Waals surface area contributed by atoms with E-state index in [0.717, 1.165) is 6.67 Å². The van der Waals surface area contributed by atoms with Crippen molar-refractivity contribution in [3.63, 3.8) is 0 Å². The van der Waals surface area contributed by atoms with E-state index in [0.29, 0.717) is 13.5 Å². The van der Waals surface area contributed by atoms with Crippen LogP contribution in [0.2, 0.25) is 0 Å². The second-order valence-electron chi connectivity index (χ2n) is 2.69. The first-order chi connectivity index (χ1) is 5.20. The van der Waals surface area contributed by atoms with Gasteiger partial charge in [0, 0.05) is 14.2 Å². The number of hydrogen-bond acceptors (Lipinski definition) is 4. The molecule has 0 heterocycles. The van der Waals surface area contributed by atoms with E-state index in [-0.39, 0.29) is 0 Å². The highest BCUT2D eigenvalue weighted by molar-refractivity contribution is 4.42. The normalized spacial score (nSPS) is 11.5. The van der Waals surface area contributed by atoms with Gasteiger partial charge >= 0.3 is 0 Å². The second kappa shape index (κ2) is 6.54. The van der Waals surface area contributed by atoms with Gasteiger partial charge in [0.25, 0.3) is 0 Å². The molecule has 4 heteroatoms. The van der Waals surface area contributed by atoms with Gasteiger partial charge in [-0.1, -0.05) is 0 Å². The van der Waals surface area contributed by atoms with Crippen molar-refractivity contribution in [2.45, 2.75) is 0 Å². The predicted molar refractivity (Wildman–Crippen MR) is 44.1 cm³/mol. The van der Waals surface area contributed by atoms with Gasteiger partial charge in [0.2, 0.25) is 0 Å². The molecule has 0 rings (SSSR count). The summed E-state index contributed by atoms with van der Waals surface area (Å²) in [5.41, 5.74) is 0. The van der Waals surface area contributed by atoms with E-state index < -0.39 is 0 Å². The van der Waals surface area contributed by atoms with Crippen molar-refractivity contribution in [2.24, 2.45) is 0 Å². The van der Waals surface area contributed by atoms with Crippen LogP contribution in [0.5, 0.6) is 0 Å². The van der Waals surface area contributed by atoms with E-state index in [1.165, 1.54) is 0 Å². The minimum atomic E-state index is 0.647. The monoisotopic (exact) mass is 162 g/mol. The van der Waals surface area contributed by atoms with Crippen molar-refractivity contribution < 1.29 is 9.47 Å².